The molecule has 138 valence electrons. The minimum absolute atomic E-state index is 0.0509. The Bertz CT molecular complexity index is 957. The number of nitro groups is 1. The van der Waals surface area contributed by atoms with Crippen molar-refractivity contribution in [2.45, 2.75) is 0 Å². The van der Waals surface area contributed by atoms with Crippen molar-refractivity contribution in [3.63, 3.8) is 0 Å². The Balaban J connectivity index is 1.89. The highest BCUT2D eigenvalue weighted by Crippen LogP contribution is 2.37. The van der Waals surface area contributed by atoms with E-state index in [4.69, 9.17) is 21.7 Å². The molecule has 1 heterocycles. The normalized spacial score (nSPS) is 15.3. The van der Waals surface area contributed by atoms with Crippen LogP contribution in [0.4, 0.5) is 11.4 Å². The second-order valence-corrected chi connectivity index (χ2v) is 7.08. The molecule has 3 rings (SSSR count). The van der Waals surface area contributed by atoms with Crippen molar-refractivity contribution in [3.8, 4) is 11.5 Å². The maximum Gasteiger partial charge on any atom is 0.270 e. The largest absolute Gasteiger partial charge is 0.493 e. The molecule has 7 nitrogen and oxygen atoms in total. The third kappa shape index (κ3) is 3.79. The van der Waals surface area contributed by atoms with Gasteiger partial charge in [-0.15, -0.1) is 0 Å². The van der Waals surface area contributed by atoms with Crippen molar-refractivity contribution in [1.29, 1.82) is 0 Å². The van der Waals surface area contributed by atoms with E-state index >= 15 is 0 Å². The van der Waals surface area contributed by atoms with Gasteiger partial charge in [0.15, 0.2) is 15.8 Å². The van der Waals surface area contributed by atoms with E-state index in [2.05, 4.69) is 0 Å². The summed E-state index contributed by atoms with van der Waals surface area (Å²) in [5, 5.41) is 10.8. The van der Waals surface area contributed by atoms with Gasteiger partial charge in [-0.2, -0.15) is 0 Å². The van der Waals surface area contributed by atoms with E-state index < -0.39 is 4.92 Å². The van der Waals surface area contributed by atoms with Gasteiger partial charge in [0.1, 0.15) is 0 Å². The van der Waals surface area contributed by atoms with Crippen LogP contribution in [0, 0.1) is 10.1 Å². The number of anilines is 1. The molecule has 0 spiro atoms. The van der Waals surface area contributed by atoms with Crippen LogP contribution in [0.3, 0.4) is 0 Å². The first kappa shape index (κ1) is 18.9. The Morgan fingerprint density at radius 2 is 1.78 bits per heavy atom. The summed E-state index contributed by atoms with van der Waals surface area (Å²) in [5.41, 5.74) is 1.20. The molecule has 0 aromatic heterocycles. The second-order valence-electron chi connectivity index (χ2n) is 5.41. The van der Waals surface area contributed by atoms with Crippen molar-refractivity contribution in [1.82, 2.24) is 0 Å². The number of non-ortho nitro benzene ring substituents is 1. The minimum Gasteiger partial charge on any atom is -0.493 e. The Kier molecular flexibility index (Phi) is 5.43. The quantitative estimate of drug-likeness (QED) is 0.323. The maximum atomic E-state index is 12.8. The average molecular weight is 402 g/mol. The zero-order valence-electron chi connectivity index (χ0n) is 14.4. The molecule has 1 amide bonds. The van der Waals surface area contributed by atoms with Crippen LogP contribution in [0.2, 0.25) is 0 Å². The number of rotatable bonds is 5. The number of nitrogens with zero attached hydrogens (tertiary/aromatic N) is 2. The average Bonchev–Trinajstić information content (AvgIpc) is 2.94. The first-order chi connectivity index (χ1) is 12.9. The summed E-state index contributed by atoms with van der Waals surface area (Å²) in [6.45, 7) is 0. The third-order valence-corrected chi connectivity index (χ3v) is 5.12. The number of nitro benzene ring substituents is 1. The van der Waals surface area contributed by atoms with Crippen molar-refractivity contribution in [3.05, 3.63) is 63.0 Å². The molecule has 0 radical (unpaired) electrons. The van der Waals surface area contributed by atoms with Gasteiger partial charge in [-0.05, 0) is 35.9 Å². The van der Waals surface area contributed by atoms with E-state index in [-0.39, 0.29) is 11.6 Å². The van der Waals surface area contributed by atoms with Crippen molar-refractivity contribution < 1.29 is 19.2 Å². The zero-order chi connectivity index (χ0) is 19.6. The van der Waals surface area contributed by atoms with Gasteiger partial charge in [-0.3, -0.25) is 19.8 Å². The molecular formula is C18H14N2O5S2. The lowest BCUT2D eigenvalue weighted by atomic mass is 10.2. The summed E-state index contributed by atoms with van der Waals surface area (Å²) in [4.78, 5) is 24.9. The van der Waals surface area contributed by atoms with Crippen molar-refractivity contribution in [2.24, 2.45) is 0 Å². The maximum absolute atomic E-state index is 12.8. The number of hydrogen-bond donors (Lipinski definition) is 0. The van der Waals surface area contributed by atoms with E-state index in [1.807, 2.05) is 0 Å². The molecule has 0 N–H and O–H groups in total. The fourth-order valence-electron chi connectivity index (χ4n) is 2.51. The lowest BCUT2D eigenvalue weighted by Crippen LogP contribution is -2.27. The van der Waals surface area contributed by atoms with Crippen molar-refractivity contribution in [2.75, 3.05) is 19.1 Å². The summed E-state index contributed by atoms with van der Waals surface area (Å²) < 4.78 is 10.8. The smallest absolute Gasteiger partial charge is 0.270 e. The number of amides is 1. The SMILES string of the molecule is COc1ccc(/C=C2\SC(=S)N(c3ccc([N+](=O)[O-])cc3)C2=O)cc1OC. The first-order valence-electron chi connectivity index (χ1n) is 7.69. The molecule has 0 saturated carbocycles. The fraction of sp³-hybridized carbons (Fsp3) is 0.111. The molecule has 0 unspecified atom stereocenters. The van der Waals surface area contributed by atoms with Crippen LogP contribution in [-0.4, -0.2) is 29.4 Å². The number of hydrogen-bond acceptors (Lipinski definition) is 7. The summed E-state index contributed by atoms with van der Waals surface area (Å²) >= 11 is 6.48. The van der Waals surface area contributed by atoms with Gasteiger partial charge >= 0.3 is 0 Å². The number of carbonyl (C=O) groups excluding carboxylic acids is 1. The third-order valence-electron chi connectivity index (χ3n) is 3.82. The molecular weight excluding hydrogens is 388 g/mol. The number of ether oxygens (including phenoxy) is 2. The standard InChI is InChI=1S/C18H14N2O5S2/c1-24-14-8-3-11(9-15(14)25-2)10-16-17(21)19(18(26)27-16)12-4-6-13(7-5-12)20(22)23/h3-10H,1-2H3/b16-10-. The molecule has 2 aromatic carbocycles. The Labute approximate surface area is 164 Å². The molecule has 27 heavy (non-hydrogen) atoms. The molecule has 1 fully saturated rings. The number of carbonyl (C=O) groups is 1. The first-order valence-corrected chi connectivity index (χ1v) is 8.91. The van der Waals surface area contributed by atoms with Gasteiger partial charge in [0.05, 0.1) is 29.7 Å². The van der Waals surface area contributed by atoms with Gasteiger partial charge in [0, 0.05) is 12.1 Å². The lowest BCUT2D eigenvalue weighted by Gasteiger charge is -2.14. The van der Waals surface area contributed by atoms with E-state index in [1.54, 1.807) is 31.4 Å². The Hall–Kier alpha value is -2.91. The fourth-order valence-corrected chi connectivity index (χ4v) is 3.81. The summed E-state index contributed by atoms with van der Waals surface area (Å²) in [7, 11) is 3.09. The molecule has 2 aromatic rings. The number of thioether (sulfide) groups is 1. The highest BCUT2D eigenvalue weighted by atomic mass is 32.2. The Morgan fingerprint density at radius 3 is 2.37 bits per heavy atom. The molecule has 0 aliphatic carbocycles. The number of thiocarbonyl (C=S) groups is 1. The number of methoxy groups -OCH3 is 2. The lowest BCUT2D eigenvalue weighted by molar-refractivity contribution is -0.384. The van der Waals surface area contributed by atoms with Crippen LogP contribution < -0.4 is 14.4 Å². The summed E-state index contributed by atoms with van der Waals surface area (Å²) in [6, 6.07) is 11.0. The van der Waals surface area contributed by atoms with E-state index in [0.29, 0.717) is 26.4 Å². The predicted octanol–water partition coefficient (Wildman–Crippen LogP) is 4.02. The van der Waals surface area contributed by atoms with Crippen LogP contribution in [0.5, 0.6) is 11.5 Å². The molecule has 1 saturated heterocycles. The number of benzene rings is 2. The van der Waals surface area contributed by atoms with Crippen LogP contribution in [-0.2, 0) is 4.79 Å². The molecule has 1 aliphatic heterocycles. The predicted molar refractivity (Wildman–Crippen MR) is 108 cm³/mol. The van der Waals surface area contributed by atoms with Crippen LogP contribution in [0.25, 0.3) is 6.08 Å². The summed E-state index contributed by atoms with van der Waals surface area (Å²) in [6.07, 6.45) is 1.71. The molecule has 0 bridgehead atoms. The van der Waals surface area contributed by atoms with Gasteiger partial charge < -0.3 is 9.47 Å². The minimum atomic E-state index is -0.495. The van der Waals surface area contributed by atoms with E-state index in [0.717, 1.165) is 5.56 Å². The van der Waals surface area contributed by atoms with E-state index in [1.165, 1.54) is 48.0 Å². The Morgan fingerprint density at radius 1 is 1.11 bits per heavy atom. The molecule has 0 atom stereocenters. The van der Waals surface area contributed by atoms with Crippen LogP contribution >= 0.6 is 24.0 Å². The molecule has 9 heteroatoms. The monoisotopic (exact) mass is 402 g/mol. The second kappa shape index (κ2) is 7.77. The molecule has 1 aliphatic rings. The topological polar surface area (TPSA) is 81.9 Å². The van der Waals surface area contributed by atoms with E-state index in [9.17, 15) is 14.9 Å². The van der Waals surface area contributed by atoms with Crippen LogP contribution in [0.1, 0.15) is 5.56 Å². The van der Waals surface area contributed by atoms with Crippen molar-refractivity contribution >= 4 is 51.7 Å². The van der Waals surface area contributed by atoms with Crippen LogP contribution in [0.15, 0.2) is 47.4 Å². The zero-order valence-corrected chi connectivity index (χ0v) is 16.0. The van der Waals surface area contributed by atoms with Gasteiger partial charge in [0.25, 0.3) is 11.6 Å². The van der Waals surface area contributed by atoms with Gasteiger partial charge in [0.2, 0.25) is 0 Å². The van der Waals surface area contributed by atoms with Gasteiger partial charge in [-0.1, -0.05) is 30.0 Å². The highest BCUT2D eigenvalue weighted by Gasteiger charge is 2.33. The highest BCUT2D eigenvalue weighted by molar-refractivity contribution is 8.27. The summed E-state index contributed by atoms with van der Waals surface area (Å²) in [5.74, 6) is 0.860. The van der Waals surface area contributed by atoms with Gasteiger partial charge in [-0.25, -0.2) is 0 Å².